The molecule has 2 heterocycles. The molecule has 2 saturated heterocycles. The molecule has 0 amide bonds. The van der Waals surface area contributed by atoms with E-state index >= 15 is 0 Å². The van der Waals surface area contributed by atoms with E-state index in [2.05, 4.69) is 25.7 Å². The van der Waals surface area contributed by atoms with Crippen LogP contribution in [0.1, 0.15) is 52.9 Å². The summed E-state index contributed by atoms with van der Waals surface area (Å²) in [4.78, 5) is 2.68. The lowest BCUT2D eigenvalue weighted by Gasteiger charge is -2.46. The molecule has 4 unspecified atom stereocenters. The Morgan fingerprint density at radius 2 is 1.82 bits per heavy atom. The van der Waals surface area contributed by atoms with E-state index in [1.807, 2.05) is 0 Å². The van der Waals surface area contributed by atoms with Crippen molar-refractivity contribution in [1.82, 2.24) is 4.90 Å². The van der Waals surface area contributed by atoms with E-state index in [4.69, 9.17) is 10.5 Å². The summed E-state index contributed by atoms with van der Waals surface area (Å²) < 4.78 is 5.84. The lowest BCUT2D eigenvalue weighted by Crippen LogP contribution is -2.56. The molecule has 0 aromatic heterocycles. The third kappa shape index (κ3) is 3.21. The Morgan fingerprint density at radius 3 is 2.41 bits per heavy atom. The molecule has 4 atom stereocenters. The summed E-state index contributed by atoms with van der Waals surface area (Å²) in [6.07, 6.45) is 7.11. The molecular weight excluding hydrogens is 212 g/mol. The second kappa shape index (κ2) is 5.68. The van der Waals surface area contributed by atoms with E-state index in [1.54, 1.807) is 0 Å². The zero-order valence-electron chi connectivity index (χ0n) is 11.6. The lowest BCUT2D eigenvalue weighted by atomic mass is 9.90. The fourth-order valence-corrected chi connectivity index (χ4v) is 3.64. The second-order valence-corrected chi connectivity index (χ2v) is 6.04. The van der Waals surface area contributed by atoms with E-state index < -0.39 is 0 Å². The maximum absolute atomic E-state index is 6.16. The van der Waals surface area contributed by atoms with Gasteiger partial charge in [-0.25, -0.2) is 0 Å². The topological polar surface area (TPSA) is 38.5 Å². The Balaban J connectivity index is 2.02. The Bertz CT molecular complexity index is 234. The Labute approximate surface area is 106 Å². The fraction of sp³-hybridized carbons (Fsp3) is 1.00. The van der Waals surface area contributed by atoms with Crippen molar-refractivity contribution >= 4 is 0 Å². The molecule has 0 aromatic carbocycles. The summed E-state index contributed by atoms with van der Waals surface area (Å²) in [5, 5.41) is 0. The molecule has 17 heavy (non-hydrogen) atoms. The van der Waals surface area contributed by atoms with Gasteiger partial charge in [-0.15, -0.1) is 0 Å². The van der Waals surface area contributed by atoms with E-state index in [0.717, 1.165) is 0 Å². The van der Waals surface area contributed by atoms with E-state index in [1.165, 1.54) is 38.6 Å². The smallest absolute Gasteiger partial charge is 0.0565 e. The van der Waals surface area contributed by atoms with Crippen LogP contribution in [0.5, 0.6) is 0 Å². The SMILES string of the molecule is CC1CC(N2CCCCC2C(C)N)CC(C)O1. The Hall–Kier alpha value is -0.120. The molecule has 3 heteroatoms. The Kier molecular flexibility index (Phi) is 4.45. The van der Waals surface area contributed by atoms with Gasteiger partial charge in [0.1, 0.15) is 0 Å². The first-order valence-electron chi connectivity index (χ1n) is 7.24. The van der Waals surface area contributed by atoms with Gasteiger partial charge in [0, 0.05) is 18.1 Å². The molecule has 0 saturated carbocycles. The lowest BCUT2D eigenvalue weighted by molar-refractivity contribution is -0.0783. The minimum atomic E-state index is 0.295. The number of piperidine rings is 1. The summed E-state index contributed by atoms with van der Waals surface area (Å²) in [5.74, 6) is 0. The van der Waals surface area contributed by atoms with Crippen molar-refractivity contribution in [3.8, 4) is 0 Å². The molecule has 2 N–H and O–H groups in total. The molecule has 2 aliphatic rings. The van der Waals surface area contributed by atoms with Crippen molar-refractivity contribution in [2.75, 3.05) is 6.54 Å². The summed E-state index contributed by atoms with van der Waals surface area (Å²) in [6, 6.07) is 1.57. The van der Waals surface area contributed by atoms with Crippen LogP contribution < -0.4 is 5.73 Å². The summed E-state index contributed by atoms with van der Waals surface area (Å²) in [5.41, 5.74) is 6.16. The molecule has 2 fully saturated rings. The maximum atomic E-state index is 6.16. The maximum Gasteiger partial charge on any atom is 0.0565 e. The monoisotopic (exact) mass is 240 g/mol. The molecule has 0 bridgehead atoms. The highest BCUT2D eigenvalue weighted by molar-refractivity contribution is 4.90. The number of hydrogen-bond acceptors (Lipinski definition) is 3. The number of ether oxygens (including phenoxy) is 1. The Morgan fingerprint density at radius 1 is 1.18 bits per heavy atom. The van der Waals surface area contributed by atoms with Crippen molar-refractivity contribution in [3.63, 3.8) is 0 Å². The zero-order valence-corrected chi connectivity index (χ0v) is 11.6. The third-order valence-electron chi connectivity index (χ3n) is 4.34. The molecule has 0 spiro atoms. The van der Waals surface area contributed by atoms with Gasteiger partial charge in [0.05, 0.1) is 12.2 Å². The quantitative estimate of drug-likeness (QED) is 0.803. The van der Waals surface area contributed by atoms with Crippen LogP contribution in [0.15, 0.2) is 0 Å². The van der Waals surface area contributed by atoms with Crippen LogP contribution in [0.25, 0.3) is 0 Å². The fourth-order valence-electron chi connectivity index (χ4n) is 3.64. The molecule has 3 nitrogen and oxygen atoms in total. The standard InChI is InChI=1S/C14H28N2O/c1-10-8-13(9-11(2)17-10)16-7-5-4-6-14(16)12(3)15/h10-14H,4-9,15H2,1-3H3. The van der Waals surface area contributed by atoms with Gasteiger partial charge < -0.3 is 10.5 Å². The van der Waals surface area contributed by atoms with Crippen LogP contribution in [0, 0.1) is 0 Å². The molecule has 2 rings (SSSR count). The van der Waals surface area contributed by atoms with Crippen molar-refractivity contribution in [1.29, 1.82) is 0 Å². The van der Waals surface area contributed by atoms with Crippen molar-refractivity contribution in [2.24, 2.45) is 5.73 Å². The van der Waals surface area contributed by atoms with Gasteiger partial charge in [-0.3, -0.25) is 4.90 Å². The minimum Gasteiger partial charge on any atom is -0.375 e. The highest BCUT2D eigenvalue weighted by Gasteiger charge is 2.35. The molecule has 100 valence electrons. The molecular formula is C14H28N2O. The van der Waals surface area contributed by atoms with Crippen LogP contribution in [0.3, 0.4) is 0 Å². The van der Waals surface area contributed by atoms with Crippen LogP contribution in [-0.2, 0) is 4.74 Å². The molecule has 0 radical (unpaired) electrons. The van der Waals surface area contributed by atoms with Gasteiger partial charge >= 0.3 is 0 Å². The van der Waals surface area contributed by atoms with Crippen molar-refractivity contribution in [2.45, 2.75) is 83.2 Å². The van der Waals surface area contributed by atoms with Crippen molar-refractivity contribution < 1.29 is 4.74 Å². The van der Waals surface area contributed by atoms with Crippen LogP contribution in [0.2, 0.25) is 0 Å². The number of hydrogen-bond donors (Lipinski definition) is 1. The van der Waals surface area contributed by atoms with E-state index in [-0.39, 0.29) is 0 Å². The number of likely N-dealkylation sites (tertiary alicyclic amines) is 1. The number of rotatable bonds is 2. The summed E-state index contributed by atoms with van der Waals surface area (Å²) >= 11 is 0. The minimum absolute atomic E-state index is 0.295. The predicted molar refractivity (Wildman–Crippen MR) is 71.0 cm³/mol. The van der Waals surface area contributed by atoms with Crippen LogP contribution in [0.4, 0.5) is 0 Å². The van der Waals surface area contributed by atoms with Gasteiger partial charge in [-0.1, -0.05) is 6.42 Å². The van der Waals surface area contributed by atoms with Crippen LogP contribution >= 0.6 is 0 Å². The number of nitrogens with two attached hydrogens (primary N) is 1. The first kappa shape index (κ1) is 13.3. The molecule has 0 aliphatic carbocycles. The second-order valence-electron chi connectivity index (χ2n) is 6.04. The van der Waals surface area contributed by atoms with E-state index in [9.17, 15) is 0 Å². The number of nitrogens with zero attached hydrogens (tertiary/aromatic N) is 1. The molecule has 0 aromatic rings. The summed E-state index contributed by atoms with van der Waals surface area (Å²) in [6.45, 7) is 7.80. The third-order valence-corrected chi connectivity index (χ3v) is 4.34. The van der Waals surface area contributed by atoms with Gasteiger partial charge in [-0.2, -0.15) is 0 Å². The predicted octanol–water partition coefficient (Wildman–Crippen LogP) is 2.14. The average molecular weight is 240 g/mol. The van der Waals surface area contributed by atoms with E-state index in [0.29, 0.717) is 30.3 Å². The van der Waals surface area contributed by atoms with Gasteiger partial charge in [-0.05, 0) is 53.0 Å². The summed E-state index contributed by atoms with van der Waals surface area (Å²) in [7, 11) is 0. The van der Waals surface area contributed by atoms with Crippen LogP contribution in [-0.4, -0.2) is 41.8 Å². The van der Waals surface area contributed by atoms with Gasteiger partial charge in [0.15, 0.2) is 0 Å². The normalized spacial score (nSPS) is 42.4. The van der Waals surface area contributed by atoms with Gasteiger partial charge in [0.2, 0.25) is 0 Å². The largest absolute Gasteiger partial charge is 0.375 e. The highest BCUT2D eigenvalue weighted by atomic mass is 16.5. The highest BCUT2D eigenvalue weighted by Crippen LogP contribution is 2.29. The molecule has 2 aliphatic heterocycles. The zero-order chi connectivity index (χ0) is 12.4. The van der Waals surface area contributed by atoms with Crippen molar-refractivity contribution in [3.05, 3.63) is 0 Å². The first-order valence-corrected chi connectivity index (χ1v) is 7.24. The average Bonchev–Trinajstić information content (AvgIpc) is 2.27. The first-order chi connectivity index (χ1) is 8.08. The van der Waals surface area contributed by atoms with Gasteiger partial charge in [0.25, 0.3) is 0 Å².